The fourth-order valence-corrected chi connectivity index (χ4v) is 1.87. The molecule has 0 radical (unpaired) electrons. The van der Waals surface area contributed by atoms with E-state index in [-0.39, 0.29) is 16.9 Å². The van der Waals surface area contributed by atoms with Crippen LogP contribution in [-0.4, -0.2) is 0 Å². The molecule has 0 heterocycles. The molecule has 7 heteroatoms. The van der Waals surface area contributed by atoms with Gasteiger partial charge >= 0.3 is 6.18 Å². The fourth-order valence-electron chi connectivity index (χ4n) is 1.69. The highest BCUT2D eigenvalue weighted by Gasteiger charge is 2.34. The number of alkyl halides is 3. The van der Waals surface area contributed by atoms with Crippen molar-refractivity contribution in [2.45, 2.75) is 6.18 Å². The molecule has 0 saturated carbocycles. The van der Waals surface area contributed by atoms with E-state index < -0.39 is 17.6 Å². The summed E-state index contributed by atoms with van der Waals surface area (Å²) in [6.45, 7) is 0. The van der Waals surface area contributed by atoms with Crippen LogP contribution in [0.15, 0.2) is 36.4 Å². The van der Waals surface area contributed by atoms with E-state index in [1.54, 1.807) is 0 Å². The summed E-state index contributed by atoms with van der Waals surface area (Å²) in [6.07, 6.45) is -4.79. The van der Waals surface area contributed by atoms with E-state index >= 15 is 0 Å². The molecule has 2 rings (SSSR count). The van der Waals surface area contributed by atoms with E-state index in [4.69, 9.17) is 16.9 Å². The van der Waals surface area contributed by atoms with Gasteiger partial charge < -0.3 is 5.32 Å². The Balaban J connectivity index is 2.40. The minimum absolute atomic E-state index is 0.0162. The van der Waals surface area contributed by atoms with E-state index in [1.165, 1.54) is 18.2 Å². The molecule has 0 aromatic heterocycles. The average Bonchev–Trinajstić information content (AvgIpc) is 2.41. The lowest BCUT2D eigenvalue weighted by Gasteiger charge is -2.12. The molecule has 0 fully saturated rings. The Labute approximate surface area is 122 Å². The van der Waals surface area contributed by atoms with Crippen molar-refractivity contribution in [3.05, 3.63) is 58.4 Å². The molecule has 0 aliphatic rings. The number of halogens is 5. The quantitative estimate of drug-likeness (QED) is 0.782. The van der Waals surface area contributed by atoms with Gasteiger partial charge in [0.2, 0.25) is 0 Å². The highest BCUT2D eigenvalue weighted by molar-refractivity contribution is 6.30. The van der Waals surface area contributed by atoms with Crippen LogP contribution in [-0.2, 0) is 6.18 Å². The maximum absolute atomic E-state index is 13.2. The molecule has 2 aromatic rings. The Hall–Kier alpha value is -2.26. The average molecular weight is 315 g/mol. The number of anilines is 2. The number of benzene rings is 2. The van der Waals surface area contributed by atoms with Gasteiger partial charge in [0.25, 0.3) is 0 Å². The maximum atomic E-state index is 13.2. The van der Waals surface area contributed by atoms with Crippen LogP contribution in [0.5, 0.6) is 0 Å². The van der Waals surface area contributed by atoms with Gasteiger partial charge in [-0.3, -0.25) is 0 Å². The zero-order valence-electron chi connectivity index (χ0n) is 10.3. The Morgan fingerprint density at radius 2 is 1.81 bits per heavy atom. The third-order valence-corrected chi connectivity index (χ3v) is 2.89. The SMILES string of the molecule is N#Cc1cc(Cl)ccc1Nc1ccc(F)c(C(F)(F)F)c1. The van der Waals surface area contributed by atoms with Crippen molar-refractivity contribution in [1.82, 2.24) is 0 Å². The lowest BCUT2D eigenvalue weighted by molar-refractivity contribution is -0.139. The number of hydrogen-bond donors (Lipinski definition) is 1. The first-order valence-electron chi connectivity index (χ1n) is 5.64. The molecule has 1 N–H and O–H groups in total. The van der Waals surface area contributed by atoms with Gasteiger partial charge in [-0.15, -0.1) is 0 Å². The number of nitrogens with zero attached hydrogens (tertiary/aromatic N) is 1. The minimum Gasteiger partial charge on any atom is -0.354 e. The smallest absolute Gasteiger partial charge is 0.354 e. The summed E-state index contributed by atoms with van der Waals surface area (Å²) in [5, 5.41) is 11.9. The van der Waals surface area contributed by atoms with Crippen LogP contribution < -0.4 is 5.32 Å². The van der Waals surface area contributed by atoms with Crippen molar-refractivity contribution >= 4 is 23.0 Å². The van der Waals surface area contributed by atoms with Crippen LogP contribution in [0.2, 0.25) is 5.02 Å². The largest absolute Gasteiger partial charge is 0.419 e. The monoisotopic (exact) mass is 314 g/mol. The normalized spacial score (nSPS) is 11.0. The van der Waals surface area contributed by atoms with E-state index in [1.807, 2.05) is 6.07 Å². The molecule has 2 nitrogen and oxygen atoms in total. The van der Waals surface area contributed by atoms with Crippen LogP contribution >= 0.6 is 11.6 Å². The molecule has 0 atom stereocenters. The van der Waals surface area contributed by atoms with Gasteiger partial charge in [-0.25, -0.2) is 4.39 Å². The van der Waals surface area contributed by atoms with Gasteiger partial charge in [0, 0.05) is 10.7 Å². The molecular weight excluding hydrogens is 308 g/mol. The summed E-state index contributed by atoms with van der Waals surface area (Å²) in [6, 6.07) is 8.70. The van der Waals surface area contributed by atoms with Crippen LogP contribution in [0.3, 0.4) is 0 Å². The van der Waals surface area contributed by atoms with Crippen molar-refractivity contribution in [3.8, 4) is 6.07 Å². The van der Waals surface area contributed by atoms with E-state index in [0.29, 0.717) is 17.2 Å². The highest BCUT2D eigenvalue weighted by atomic mass is 35.5. The van der Waals surface area contributed by atoms with Crippen LogP contribution in [0.4, 0.5) is 28.9 Å². The molecule has 21 heavy (non-hydrogen) atoms. The van der Waals surface area contributed by atoms with Crippen LogP contribution in [0, 0.1) is 17.1 Å². The van der Waals surface area contributed by atoms with Gasteiger partial charge in [-0.2, -0.15) is 18.4 Å². The van der Waals surface area contributed by atoms with Gasteiger partial charge in [0.05, 0.1) is 16.8 Å². The molecule has 108 valence electrons. The summed E-state index contributed by atoms with van der Waals surface area (Å²) in [4.78, 5) is 0. The zero-order chi connectivity index (χ0) is 15.6. The number of nitrogens with one attached hydrogen (secondary N) is 1. The van der Waals surface area contributed by atoms with Crippen LogP contribution in [0.25, 0.3) is 0 Å². The Bertz CT molecular complexity index is 720. The van der Waals surface area contributed by atoms with E-state index in [2.05, 4.69) is 5.32 Å². The van der Waals surface area contributed by atoms with Gasteiger partial charge in [0.15, 0.2) is 0 Å². The molecule has 0 unspecified atom stereocenters. The number of rotatable bonds is 2. The molecule has 2 aromatic carbocycles. The first-order chi connectivity index (χ1) is 9.81. The molecule has 0 spiro atoms. The fraction of sp³-hybridized carbons (Fsp3) is 0.0714. The van der Waals surface area contributed by atoms with E-state index in [9.17, 15) is 17.6 Å². The first-order valence-corrected chi connectivity index (χ1v) is 6.02. The minimum atomic E-state index is -4.79. The predicted molar refractivity (Wildman–Crippen MR) is 70.9 cm³/mol. The topological polar surface area (TPSA) is 35.8 Å². The third kappa shape index (κ3) is 3.44. The molecule has 0 aliphatic carbocycles. The Kier molecular flexibility index (Phi) is 4.05. The number of hydrogen-bond acceptors (Lipinski definition) is 2. The second kappa shape index (κ2) is 5.62. The zero-order valence-corrected chi connectivity index (χ0v) is 11.1. The van der Waals surface area contributed by atoms with Gasteiger partial charge in [-0.1, -0.05) is 11.6 Å². The number of nitriles is 1. The summed E-state index contributed by atoms with van der Waals surface area (Å²) in [5.41, 5.74) is -0.912. The molecule has 0 saturated heterocycles. The molecule has 0 amide bonds. The maximum Gasteiger partial charge on any atom is 0.419 e. The Morgan fingerprint density at radius 3 is 2.43 bits per heavy atom. The van der Waals surface area contributed by atoms with Gasteiger partial charge in [-0.05, 0) is 36.4 Å². The van der Waals surface area contributed by atoms with Crippen molar-refractivity contribution in [3.63, 3.8) is 0 Å². The summed E-state index contributed by atoms with van der Waals surface area (Å²) < 4.78 is 51.1. The van der Waals surface area contributed by atoms with Crippen molar-refractivity contribution in [2.75, 3.05) is 5.32 Å². The highest BCUT2D eigenvalue weighted by Crippen LogP contribution is 2.34. The standard InChI is InChI=1S/C14H7ClF4N2/c15-9-1-4-13(8(5-9)7-20)21-10-2-3-12(16)11(6-10)14(17,18)19/h1-6,21H. The van der Waals surface area contributed by atoms with Gasteiger partial charge in [0.1, 0.15) is 11.9 Å². The van der Waals surface area contributed by atoms with Crippen LogP contribution in [0.1, 0.15) is 11.1 Å². The summed E-state index contributed by atoms with van der Waals surface area (Å²) in [5.74, 6) is -1.36. The molecule has 0 aliphatic heterocycles. The van der Waals surface area contributed by atoms with Crippen molar-refractivity contribution in [1.29, 1.82) is 5.26 Å². The first kappa shape index (κ1) is 15.1. The van der Waals surface area contributed by atoms with E-state index in [0.717, 1.165) is 6.07 Å². The Morgan fingerprint density at radius 1 is 1.10 bits per heavy atom. The predicted octanol–water partition coefficient (Wildman–Crippen LogP) is 5.11. The lowest BCUT2D eigenvalue weighted by Crippen LogP contribution is -2.08. The summed E-state index contributed by atoms with van der Waals surface area (Å²) in [7, 11) is 0. The van der Waals surface area contributed by atoms with Crippen molar-refractivity contribution < 1.29 is 17.6 Å². The summed E-state index contributed by atoms with van der Waals surface area (Å²) >= 11 is 5.73. The third-order valence-electron chi connectivity index (χ3n) is 2.65. The second-order valence-electron chi connectivity index (χ2n) is 4.12. The molecule has 0 bridgehead atoms. The van der Waals surface area contributed by atoms with Crippen molar-refractivity contribution in [2.24, 2.45) is 0 Å². The second-order valence-corrected chi connectivity index (χ2v) is 4.56. The molecular formula is C14H7ClF4N2. The lowest BCUT2D eigenvalue weighted by atomic mass is 10.1.